The van der Waals surface area contributed by atoms with Crippen LogP contribution in [0, 0.1) is 5.92 Å². The van der Waals surface area contributed by atoms with Crippen molar-refractivity contribution >= 4 is 0 Å². The Labute approximate surface area is 96.5 Å². The third kappa shape index (κ3) is 3.51. The number of hydrogen-bond donors (Lipinski definition) is 1. The van der Waals surface area contributed by atoms with Crippen LogP contribution in [-0.2, 0) is 11.3 Å². The monoisotopic (exact) mass is 221 g/mol. The maximum Gasteiger partial charge on any atom is 0.123 e. The van der Waals surface area contributed by atoms with Crippen LogP contribution in [0.25, 0.3) is 0 Å². The molecule has 0 unspecified atom stereocenters. The van der Waals surface area contributed by atoms with Crippen LogP contribution in [0.3, 0.4) is 0 Å². The van der Waals surface area contributed by atoms with Gasteiger partial charge in [-0.1, -0.05) is 18.2 Å². The highest BCUT2D eigenvalue weighted by Gasteiger charge is 2.20. The van der Waals surface area contributed by atoms with E-state index < -0.39 is 0 Å². The van der Waals surface area contributed by atoms with Crippen molar-refractivity contribution in [1.82, 2.24) is 0 Å². The van der Waals surface area contributed by atoms with Crippen LogP contribution in [0.15, 0.2) is 24.3 Å². The van der Waals surface area contributed by atoms with E-state index in [0.717, 1.165) is 23.8 Å². The summed E-state index contributed by atoms with van der Waals surface area (Å²) in [6.45, 7) is 2.67. The highest BCUT2D eigenvalue weighted by molar-refractivity contribution is 5.32. The molecular weight excluding hydrogens is 202 g/mol. The molecule has 0 spiro atoms. The van der Waals surface area contributed by atoms with Crippen LogP contribution in [0.2, 0.25) is 0 Å². The van der Waals surface area contributed by atoms with Crippen molar-refractivity contribution in [2.24, 2.45) is 11.7 Å². The molecule has 1 fully saturated rings. The van der Waals surface area contributed by atoms with Crippen LogP contribution < -0.4 is 10.5 Å². The molecule has 88 valence electrons. The fourth-order valence-electron chi connectivity index (χ4n) is 1.56. The molecule has 0 bridgehead atoms. The van der Waals surface area contributed by atoms with Gasteiger partial charge in [-0.3, -0.25) is 0 Å². The van der Waals surface area contributed by atoms with Gasteiger partial charge in [0.25, 0.3) is 0 Å². The van der Waals surface area contributed by atoms with E-state index in [9.17, 15) is 0 Å². The van der Waals surface area contributed by atoms with Gasteiger partial charge in [0.1, 0.15) is 12.4 Å². The normalized spacial score (nSPS) is 15.1. The number of rotatable bonds is 7. The van der Waals surface area contributed by atoms with E-state index in [1.807, 2.05) is 24.3 Å². The number of benzene rings is 1. The first-order chi connectivity index (χ1) is 7.90. The first kappa shape index (κ1) is 11.4. The smallest absolute Gasteiger partial charge is 0.123 e. The number of hydrogen-bond acceptors (Lipinski definition) is 3. The van der Waals surface area contributed by atoms with E-state index in [1.165, 1.54) is 12.8 Å². The molecule has 0 heterocycles. The minimum Gasteiger partial charge on any atom is -0.491 e. The lowest BCUT2D eigenvalue weighted by atomic mass is 10.2. The third-order valence-electron chi connectivity index (χ3n) is 2.73. The fraction of sp³-hybridized carbons (Fsp3) is 0.538. The molecule has 0 radical (unpaired) electrons. The maximum absolute atomic E-state index is 5.63. The van der Waals surface area contributed by atoms with Crippen LogP contribution in [0.4, 0.5) is 0 Å². The standard InChI is InChI=1S/C13H19NO2/c14-9-12-3-1-2-4-13(12)16-8-7-15-10-11-5-6-11/h1-4,11H,5-10,14H2. The zero-order valence-electron chi connectivity index (χ0n) is 9.52. The molecule has 2 N–H and O–H groups in total. The van der Waals surface area contributed by atoms with Gasteiger partial charge >= 0.3 is 0 Å². The van der Waals surface area contributed by atoms with E-state index in [1.54, 1.807) is 0 Å². The van der Waals surface area contributed by atoms with Crippen LogP contribution >= 0.6 is 0 Å². The summed E-state index contributed by atoms with van der Waals surface area (Å²) < 4.78 is 11.1. The van der Waals surface area contributed by atoms with Crippen molar-refractivity contribution in [2.45, 2.75) is 19.4 Å². The summed E-state index contributed by atoms with van der Waals surface area (Å²) in [6.07, 6.45) is 2.66. The molecule has 0 atom stereocenters. The molecule has 0 amide bonds. The molecule has 0 saturated heterocycles. The Kier molecular flexibility index (Phi) is 4.19. The van der Waals surface area contributed by atoms with Gasteiger partial charge in [-0.25, -0.2) is 0 Å². The first-order valence-electron chi connectivity index (χ1n) is 5.88. The van der Waals surface area contributed by atoms with E-state index in [-0.39, 0.29) is 0 Å². The van der Waals surface area contributed by atoms with Gasteiger partial charge in [-0.15, -0.1) is 0 Å². The van der Waals surface area contributed by atoms with E-state index in [4.69, 9.17) is 15.2 Å². The molecule has 16 heavy (non-hydrogen) atoms. The lowest BCUT2D eigenvalue weighted by molar-refractivity contribution is 0.0924. The molecule has 1 aliphatic rings. The topological polar surface area (TPSA) is 44.5 Å². The summed E-state index contributed by atoms with van der Waals surface area (Å²) in [4.78, 5) is 0. The Bertz CT molecular complexity index is 323. The summed E-state index contributed by atoms with van der Waals surface area (Å²) in [5, 5.41) is 0. The fourth-order valence-corrected chi connectivity index (χ4v) is 1.56. The van der Waals surface area contributed by atoms with Gasteiger partial charge in [-0.2, -0.15) is 0 Å². The SMILES string of the molecule is NCc1ccccc1OCCOCC1CC1. The van der Waals surface area contributed by atoms with E-state index in [0.29, 0.717) is 19.8 Å². The Morgan fingerprint density at radius 3 is 2.75 bits per heavy atom. The maximum atomic E-state index is 5.63. The summed E-state index contributed by atoms with van der Waals surface area (Å²) >= 11 is 0. The van der Waals surface area contributed by atoms with E-state index >= 15 is 0 Å². The zero-order valence-corrected chi connectivity index (χ0v) is 9.52. The minimum absolute atomic E-state index is 0.513. The van der Waals surface area contributed by atoms with Crippen molar-refractivity contribution in [1.29, 1.82) is 0 Å². The minimum atomic E-state index is 0.513. The number of para-hydroxylation sites is 1. The average molecular weight is 221 g/mol. The van der Waals surface area contributed by atoms with Crippen molar-refractivity contribution in [3.05, 3.63) is 29.8 Å². The molecule has 3 nitrogen and oxygen atoms in total. The summed E-state index contributed by atoms with van der Waals surface area (Å²) in [6, 6.07) is 7.86. The van der Waals surface area contributed by atoms with Crippen LogP contribution in [0.1, 0.15) is 18.4 Å². The molecule has 3 heteroatoms. The third-order valence-corrected chi connectivity index (χ3v) is 2.73. The second-order valence-corrected chi connectivity index (χ2v) is 4.18. The average Bonchev–Trinajstić information content (AvgIpc) is 3.13. The lowest BCUT2D eigenvalue weighted by Gasteiger charge is -2.10. The van der Waals surface area contributed by atoms with Gasteiger partial charge < -0.3 is 15.2 Å². The van der Waals surface area contributed by atoms with Crippen molar-refractivity contribution in [2.75, 3.05) is 19.8 Å². The number of ether oxygens (including phenoxy) is 2. The summed E-state index contributed by atoms with van der Waals surface area (Å²) in [7, 11) is 0. The lowest BCUT2D eigenvalue weighted by Crippen LogP contribution is -2.10. The van der Waals surface area contributed by atoms with Crippen molar-refractivity contribution < 1.29 is 9.47 Å². The summed E-state index contributed by atoms with van der Waals surface area (Å²) in [5.74, 6) is 1.69. The Balaban J connectivity index is 1.67. The Morgan fingerprint density at radius 2 is 2.00 bits per heavy atom. The largest absolute Gasteiger partial charge is 0.491 e. The van der Waals surface area contributed by atoms with Crippen LogP contribution in [0.5, 0.6) is 5.75 Å². The molecule has 1 saturated carbocycles. The van der Waals surface area contributed by atoms with Gasteiger partial charge in [-0.05, 0) is 24.8 Å². The van der Waals surface area contributed by atoms with Gasteiger partial charge in [0.15, 0.2) is 0 Å². The van der Waals surface area contributed by atoms with Gasteiger partial charge in [0.2, 0.25) is 0 Å². The van der Waals surface area contributed by atoms with Gasteiger partial charge in [0.05, 0.1) is 6.61 Å². The first-order valence-corrected chi connectivity index (χ1v) is 5.88. The zero-order chi connectivity index (χ0) is 11.2. The Hall–Kier alpha value is -1.06. The predicted octanol–water partition coefficient (Wildman–Crippen LogP) is 1.95. The van der Waals surface area contributed by atoms with Crippen LogP contribution in [-0.4, -0.2) is 19.8 Å². The highest BCUT2D eigenvalue weighted by Crippen LogP contribution is 2.28. The molecule has 0 aliphatic heterocycles. The molecule has 2 rings (SSSR count). The Morgan fingerprint density at radius 1 is 1.19 bits per heavy atom. The predicted molar refractivity (Wildman–Crippen MR) is 63.4 cm³/mol. The second kappa shape index (κ2) is 5.87. The molecule has 0 aromatic heterocycles. The van der Waals surface area contributed by atoms with Crippen molar-refractivity contribution in [3.63, 3.8) is 0 Å². The molecular formula is C13H19NO2. The second-order valence-electron chi connectivity index (χ2n) is 4.18. The quantitative estimate of drug-likeness (QED) is 0.716. The van der Waals surface area contributed by atoms with E-state index in [2.05, 4.69) is 0 Å². The molecule has 1 aliphatic carbocycles. The molecule has 1 aromatic carbocycles. The number of nitrogens with two attached hydrogens (primary N) is 1. The highest BCUT2D eigenvalue weighted by atomic mass is 16.5. The summed E-state index contributed by atoms with van der Waals surface area (Å²) in [5.41, 5.74) is 6.66. The molecule has 1 aromatic rings. The van der Waals surface area contributed by atoms with Crippen molar-refractivity contribution in [3.8, 4) is 5.75 Å². The van der Waals surface area contributed by atoms with Gasteiger partial charge in [0, 0.05) is 18.7 Å².